The topological polar surface area (TPSA) is 9.23 Å². The lowest BCUT2D eigenvalue weighted by atomic mass is 10.2. The Labute approximate surface area is 132 Å². The molecule has 0 saturated heterocycles. The van der Waals surface area contributed by atoms with Gasteiger partial charge in [0.05, 0.1) is 15.9 Å². The zero-order valence-electron chi connectivity index (χ0n) is 9.80. The molecule has 2 aromatic carbocycles. The monoisotopic (exact) mass is 334 g/mol. The van der Waals surface area contributed by atoms with Gasteiger partial charge in [-0.25, -0.2) is 0 Å². The highest BCUT2D eigenvalue weighted by atomic mass is 35.5. The molecule has 0 atom stereocenters. The molecule has 0 aliphatic carbocycles. The van der Waals surface area contributed by atoms with Gasteiger partial charge < -0.3 is 4.74 Å². The van der Waals surface area contributed by atoms with Crippen molar-refractivity contribution in [3.63, 3.8) is 0 Å². The molecule has 0 aromatic heterocycles. The van der Waals surface area contributed by atoms with Gasteiger partial charge in [-0.3, -0.25) is 0 Å². The Morgan fingerprint density at radius 3 is 2.37 bits per heavy atom. The van der Waals surface area contributed by atoms with Crippen LogP contribution in [0.3, 0.4) is 0 Å². The molecule has 0 fully saturated rings. The fourth-order valence-electron chi connectivity index (χ4n) is 1.59. The molecule has 0 radical (unpaired) electrons. The summed E-state index contributed by atoms with van der Waals surface area (Å²) in [6, 6.07) is 10.8. The second-order valence-corrected chi connectivity index (χ2v) is 5.38. The van der Waals surface area contributed by atoms with Crippen LogP contribution in [0.2, 0.25) is 15.1 Å². The van der Waals surface area contributed by atoms with Crippen LogP contribution < -0.4 is 4.74 Å². The summed E-state index contributed by atoms with van der Waals surface area (Å²) >= 11 is 23.7. The van der Waals surface area contributed by atoms with Crippen molar-refractivity contribution >= 4 is 46.4 Å². The van der Waals surface area contributed by atoms with Gasteiger partial charge in [0.25, 0.3) is 0 Å². The SMILES string of the molecule is ClCc1c(Cl)cccc1OCc1ccc(Cl)c(Cl)c1. The van der Waals surface area contributed by atoms with E-state index < -0.39 is 0 Å². The number of ether oxygens (including phenoxy) is 1. The van der Waals surface area contributed by atoms with Gasteiger partial charge in [-0.1, -0.05) is 46.9 Å². The van der Waals surface area contributed by atoms with E-state index in [9.17, 15) is 0 Å². The predicted molar refractivity (Wildman–Crippen MR) is 81.8 cm³/mol. The highest BCUT2D eigenvalue weighted by Gasteiger charge is 2.07. The van der Waals surface area contributed by atoms with Crippen LogP contribution in [0.5, 0.6) is 5.75 Å². The van der Waals surface area contributed by atoms with E-state index in [0.29, 0.717) is 33.3 Å². The molecular formula is C14H10Cl4O. The highest BCUT2D eigenvalue weighted by molar-refractivity contribution is 6.42. The Kier molecular flexibility index (Phi) is 5.23. The third-order valence-corrected chi connectivity index (χ3v) is 3.95. The fourth-order valence-corrected chi connectivity index (χ4v) is 2.49. The van der Waals surface area contributed by atoms with Crippen molar-refractivity contribution in [2.45, 2.75) is 12.5 Å². The molecule has 0 bridgehead atoms. The van der Waals surface area contributed by atoms with E-state index in [1.54, 1.807) is 18.2 Å². The molecule has 2 aromatic rings. The zero-order valence-corrected chi connectivity index (χ0v) is 12.8. The Hall–Kier alpha value is -0.600. The van der Waals surface area contributed by atoms with Gasteiger partial charge >= 0.3 is 0 Å². The van der Waals surface area contributed by atoms with Gasteiger partial charge in [-0.05, 0) is 29.8 Å². The molecule has 0 spiro atoms. The summed E-state index contributed by atoms with van der Waals surface area (Å²) in [6.07, 6.45) is 0. The van der Waals surface area contributed by atoms with Crippen LogP contribution in [-0.4, -0.2) is 0 Å². The molecule has 0 N–H and O–H groups in total. The summed E-state index contributed by atoms with van der Waals surface area (Å²) in [5.41, 5.74) is 1.71. The second-order valence-electron chi connectivity index (χ2n) is 3.89. The average molecular weight is 336 g/mol. The van der Waals surface area contributed by atoms with E-state index in [2.05, 4.69) is 0 Å². The van der Waals surface area contributed by atoms with Gasteiger partial charge in [-0.15, -0.1) is 11.6 Å². The molecule has 0 saturated carbocycles. The van der Waals surface area contributed by atoms with Crippen molar-refractivity contribution in [2.24, 2.45) is 0 Å². The minimum Gasteiger partial charge on any atom is -0.489 e. The maximum Gasteiger partial charge on any atom is 0.125 e. The maximum absolute atomic E-state index is 6.05. The molecular weight excluding hydrogens is 326 g/mol. The van der Waals surface area contributed by atoms with Crippen molar-refractivity contribution in [1.29, 1.82) is 0 Å². The minimum absolute atomic E-state index is 0.302. The lowest BCUT2D eigenvalue weighted by molar-refractivity contribution is 0.304. The van der Waals surface area contributed by atoms with Gasteiger partial charge in [-0.2, -0.15) is 0 Å². The Balaban J connectivity index is 2.14. The van der Waals surface area contributed by atoms with Crippen LogP contribution in [-0.2, 0) is 12.5 Å². The van der Waals surface area contributed by atoms with Crippen LogP contribution in [0.15, 0.2) is 36.4 Å². The molecule has 0 aliphatic heterocycles. The molecule has 19 heavy (non-hydrogen) atoms. The van der Waals surface area contributed by atoms with Gasteiger partial charge in [0, 0.05) is 10.6 Å². The molecule has 0 heterocycles. The normalized spacial score (nSPS) is 10.5. The molecule has 0 aliphatic rings. The second kappa shape index (κ2) is 6.71. The van der Waals surface area contributed by atoms with E-state index in [0.717, 1.165) is 11.1 Å². The minimum atomic E-state index is 0.302. The van der Waals surface area contributed by atoms with Crippen LogP contribution >= 0.6 is 46.4 Å². The van der Waals surface area contributed by atoms with E-state index in [-0.39, 0.29) is 0 Å². The number of benzene rings is 2. The quantitative estimate of drug-likeness (QED) is 0.626. The third kappa shape index (κ3) is 3.70. The fraction of sp³-hybridized carbons (Fsp3) is 0.143. The molecule has 2 rings (SSSR count). The van der Waals surface area contributed by atoms with Crippen LogP contribution in [0.1, 0.15) is 11.1 Å². The van der Waals surface area contributed by atoms with E-state index >= 15 is 0 Å². The van der Waals surface area contributed by atoms with Gasteiger partial charge in [0.1, 0.15) is 12.4 Å². The van der Waals surface area contributed by atoms with Crippen LogP contribution in [0.25, 0.3) is 0 Å². The average Bonchev–Trinajstić information content (AvgIpc) is 2.40. The molecule has 1 nitrogen and oxygen atoms in total. The Morgan fingerprint density at radius 2 is 1.68 bits per heavy atom. The first-order valence-corrected chi connectivity index (χ1v) is 7.18. The Bertz CT molecular complexity index is 584. The standard InChI is InChI=1S/C14H10Cl4O/c15-7-10-11(16)2-1-3-14(10)19-8-9-4-5-12(17)13(18)6-9/h1-6H,7-8H2. The molecule has 100 valence electrons. The summed E-state index contributed by atoms with van der Waals surface area (Å²) in [4.78, 5) is 0. The lowest BCUT2D eigenvalue weighted by Crippen LogP contribution is -1.98. The third-order valence-electron chi connectivity index (χ3n) is 2.59. The first kappa shape index (κ1) is 14.8. The van der Waals surface area contributed by atoms with Crippen molar-refractivity contribution in [2.75, 3.05) is 0 Å². The number of hydrogen-bond acceptors (Lipinski definition) is 1. The summed E-state index contributed by atoms with van der Waals surface area (Å²) in [5, 5.41) is 1.63. The van der Waals surface area contributed by atoms with Crippen molar-refractivity contribution in [1.82, 2.24) is 0 Å². The molecule has 5 heteroatoms. The van der Waals surface area contributed by atoms with Crippen molar-refractivity contribution < 1.29 is 4.74 Å². The molecule has 0 unspecified atom stereocenters. The smallest absolute Gasteiger partial charge is 0.125 e. The zero-order chi connectivity index (χ0) is 13.8. The Morgan fingerprint density at radius 1 is 0.895 bits per heavy atom. The van der Waals surface area contributed by atoms with Crippen LogP contribution in [0.4, 0.5) is 0 Å². The lowest BCUT2D eigenvalue weighted by Gasteiger charge is -2.11. The van der Waals surface area contributed by atoms with Gasteiger partial charge in [0.15, 0.2) is 0 Å². The van der Waals surface area contributed by atoms with E-state index in [1.165, 1.54) is 0 Å². The van der Waals surface area contributed by atoms with Crippen molar-refractivity contribution in [3.8, 4) is 5.75 Å². The first-order valence-electron chi connectivity index (χ1n) is 5.52. The summed E-state index contributed by atoms with van der Waals surface area (Å²) < 4.78 is 5.72. The summed E-state index contributed by atoms with van der Waals surface area (Å²) in [6.45, 7) is 0.376. The maximum atomic E-state index is 6.05. The van der Waals surface area contributed by atoms with Gasteiger partial charge in [0.2, 0.25) is 0 Å². The number of halogens is 4. The molecule has 0 amide bonds. The largest absolute Gasteiger partial charge is 0.489 e. The van der Waals surface area contributed by atoms with Crippen LogP contribution in [0, 0.1) is 0 Å². The summed E-state index contributed by atoms with van der Waals surface area (Å²) in [7, 11) is 0. The highest BCUT2D eigenvalue weighted by Crippen LogP contribution is 2.29. The number of hydrogen-bond donors (Lipinski definition) is 0. The van der Waals surface area contributed by atoms with E-state index in [4.69, 9.17) is 51.1 Å². The summed E-state index contributed by atoms with van der Waals surface area (Å²) in [5.74, 6) is 0.977. The van der Waals surface area contributed by atoms with Crippen molar-refractivity contribution in [3.05, 3.63) is 62.6 Å². The predicted octanol–water partition coefficient (Wildman–Crippen LogP) is 5.96. The number of alkyl halides is 1. The first-order chi connectivity index (χ1) is 9.11. The number of rotatable bonds is 4. The van der Waals surface area contributed by atoms with E-state index in [1.807, 2.05) is 18.2 Å².